The normalized spacial score (nSPS) is 27.7. The average molecular weight is 255 g/mol. The molecular weight excluding hydrogens is 234 g/mol. The smallest absolute Gasteiger partial charge is 0.220 e. The fraction of sp³-hybridized carbons (Fsp3) is 0.750. The van der Waals surface area contributed by atoms with E-state index in [0.29, 0.717) is 18.2 Å². The molecule has 5 heteroatoms. The maximum absolute atomic E-state index is 11.3. The molecule has 0 aromatic carbocycles. The lowest BCUT2D eigenvalue weighted by Gasteiger charge is -2.16. The van der Waals surface area contributed by atoms with Crippen LogP contribution in [-0.4, -0.2) is 35.5 Å². The summed E-state index contributed by atoms with van der Waals surface area (Å²) in [6, 6.07) is 0.235. The molecule has 0 aromatic rings. The van der Waals surface area contributed by atoms with E-state index < -0.39 is 0 Å². The third-order valence-electron chi connectivity index (χ3n) is 2.96. The van der Waals surface area contributed by atoms with Crippen LogP contribution in [0.25, 0.3) is 0 Å². The largest absolute Gasteiger partial charge is 0.345 e. The first-order valence-corrected chi connectivity index (χ1v) is 7.03. The lowest BCUT2D eigenvalue weighted by Crippen LogP contribution is -2.43. The summed E-state index contributed by atoms with van der Waals surface area (Å²) in [5.74, 6) is 3.36. The third-order valence-corrected chi connectivity index (χ3v) is 4.51. The van der Waals surface area contributed by atoms with Crippen LogP contribution in [0.4, 0.5) is 0 Å². The Labute approximate surface area is 107 Å². The van der Waals surface area contributed by atoms with Crippen molar-refractivity contribution in [3.05, 3.63) is 0 Å². The van der Waals surface area contributed by atoms with Crippen LogP contribution in [0.3, 0.4) is 0 Å². The Morgan fingerprint density at radius 3 is 2.82 bits per heavy atom. The fourth-order valence-corrected chi connectivity index (χ4v) is 3.33. The van der Waals surface area contributed by atoms with Gasteiger partial charge < -0.3 is 16.8 Å². The van der Waals surface area contributed by atoms with E-state index in [-0.39, 0.29) is 18.0 Å². The molecule has 1 amide bonds. The van der Waals surface area contributed by atoms with Gasteiger partial charge >= 0.3 is 0 Å². The molecule has 0 aromatic heterocycles. The zero-order valence-electron chi connectivity index (χ0n) is 10.0. The number of thioether (sulfide) groups is 1. The monoisotopic (exact) mass is 255 g/mol. The van der Waals surface area contributed by atoms with Crippen molar-refractivity contribution in [1.82, 2.24) is 5.32 Å². The van der Waals surface area contributed by atoms with Gasteiger partial charge in [-0.3, -0.25) is 4.79 Å². The highest BCUT2D eigenvalue weighted by Gasteiger charge is 2.30. The second kappa shape index (κ2) is 7.59. The van der Waals surface area contributed by atoms with Crippen molar-refractivity contribution in [2.75, 3.05) is 12.3 Å². The Morgan fingerprint density at radius 1 is 1.47 bits per heavy atom. The highest BCUT2D eigenvalue weighted by atomic mass is 32.2. The van der Waals surface area contributed by atoms with E-state index in [4.69, 9.17) is 17.9 Å². The van der Waals surface area contributed by atoms with Crippen molar-refractivity contribution in [2.45, 2.75) is 43.0 Å². The second-order valence-corrected chi connectivity index (χ2v) is 5.61. The van der Waals surface area contributed by atoms with Crippen LogP contribution in [0.2, 0.25) is 0 Å². The zero-order valence-corrected chi connectivity index (χ0v) is 10.8. The van der Waals surface area contributed by atoms with Gasteiger partial charge in [0.2, 0.25) is 5.91 Å². The first-order valence-electron chi connectivity index (χ1n) is 5.98. The summed E-state index contributed by atoms with van der Waals surface area (Å²) in [5.41, 5.74) is 11.8. The second-order valence-electron chi connectivity index (χ2n) is 4.34. The summed E-state index contributed by atoms with van der Waals surface area (Å²) < 4.78 is 0. The number of hydrogen-bond acceptors (Lipinski definition) is 4. The molecule has 0 spiro atoms. The van der Waals surface area contributed by atoms with E-state index in [0.717, 1.165) is 25.0 Å². The zero-order chi connectivity index (χ0) is 12.7. The maximum Gasteiger partial charge on any atom is 0.220 e. The van der Waals surface area contributed by atoms with E-state index >= 15 is 0 Å². The standard InChI is InChI=1S/C12H21N3OS/c1-2-7-15-11(16)6-4-3-5-10-12(14)9(13)8-17-10/h1,9-10,12H,3-8,13-14H2,(H,15,16)/t9-,10-,12-/m0/s1. The van der Waals surface area contributed by atoms with Gasteiger partial charge in [0, 0.05) is 29.5 Å². The van der Waals surface area contributed by atoms with Crippen LogP contribution < -0.4 is 16.8 Å². The number of unbranched alkanes of at least 4 members (excludes halogenated alkanes) is 1. The van der Waals surface area contributed by atoms with Gasteiger partial charge in [0.1, 0.15) is 0 Å². The first kappa shape index (κ1) is 14.4. The SMILES string of the molecule is C#CCNC(=O)CCCC[C@@H]1SC[C@H](N)[C@@H]1N. The number of nitrogens with two attached hydrogens (primary N) is 2. The average Bonchev–Trinajstić information content (AvgIpc) is 2.63. The number of rotatable bonds is 6. The van der Waals surface area contributed by atoms with Gasteiger partial charge in [0.15, 0.2) is 0 Å². The molecule has 17 heavy (non-hydrogen) atoms. The minimum Gasteiger partial charge on any atom is -0.345 e. The van der Waals surface area contributed by atoms with Gasteiger partial charge in [0.05, 0.1) is 6.54 Å². The summed E-state index contributed by atoms with van der Waals surface area (Å²) >= 11 is 1.85. The lowest BCUT2D eigenvalue weighted by atomic mass is 10.0. The number of carbonyl (C=O) groups excluding carboxylic acids is 1. The third kappa shape index (κ3) is 4.99. The number of carbonyl (C=O) groups is 1. The molecule has 1 fully saturated rings. The number of terminal acetylenes is 1. The Hall–Kier alpha value is -0.700. The minimum atomic E-state index is 0.0306. The predicted molar refractivity (Wildman–Crippen MR) is 72.5 cm³/mol. The van der Waals surface area contributed by atoms with E-state index in [2.05, 4.69) is 11.2 Å². The van der Waals surface area contributed by atoms with Crippen LogP contribution in [-0.2, 0) is 4.79 Å². The lowest BCUT2D eigenvalue weighted by molar-refractivity contribution is -0.120. The Bertz CT molecular complexity index is 290. The van der Waals surface area contributed by atoms with Crippen LogP contribution in [0.1, 0.15) is 25.7 Å². The van der Waals surface area contributed by atoms with Crippen LogP contribution in [0.15, 0.2) is 0 Å². The molecule has 96 valence electrons. The summed E-state index contributed by atoms with van der Waals surface area (Å²) in [6.45, 7) is 0.317. The molecule has 1 heterocycles. The molecule has 5 N–H and O–H groups in total. The Balaban J connectivity index is 2.05. The molecule has 1 rings (SSSR count). The molecule has 0 saturated carbocycles. The molecule has 1 aliphatic rings. The summed E-state index contributed by atoms with van der Waals surface area (Å²) in [5, 5.41) is 3.11. The van der Waals surface area contributed by atoms with Crippen molar-refractivity contribution in [2.24, 2.45) is 11.5 Å². The van der Waals surface area contributed by atoms with Crippen molar-refractivity contribution in [1.29, 1.82) is 0 Å². The van der Waals surface area contributed by atoms with Gasteiger partial charge in [-0.2, -0.15) is 11.8 Å². The molecule has 1 saturated heterocycles. The minimum absolute atomic E-state index is 0.0306. The van der Waals surface area contributed by atoms with E-state index in [1.165, 1.54) is 0 Å². The summed E-state index contributed by atoms with van der Waals surface area (Å²) in [6.07, 6.45) is 8.53. The van der Waals surface area contributed by atoms with Crippen molar-refractivity contribution in [3.8, 4) is 12.3 Å². The maximum atomic E-state index is 11.3. The predicted octanol–water partition coefficient (Wildman–Crippen LogP) is 0.0662. The molecule has 0 bridgehead atoms. The quantitative estimate of drug-likeness (QED) is 0.463. The van der Waals surface area contributed by atoms with Crippen LogP contribution in [0, 0.1) is 12.3 Å². The Morgan fingerprint density at radius 2 is 2.24 bits per heavy atom. The van der Waals surface area contributed by atoms with Gasteiger partial charge in [-0.15, -0.1) is 6.42 Å². The molecule has 0 aliphatic carbocycles. The van der Waals surface area contributed by atoms with Gasteiger partial charge in [-0.1, -0.05) is 12.3 Å². The van der Waals surface area contributed by atoms with Crippen molar-refractivity contribution in [3.63, 3.8) is 0 Å². The first-order chi connectivity index (χ1) is 8.15. The number of amides is 1. The van der Waals surface area contributed by atoms with Crippen molar-refractivity contribution >= 4 is 17.7 Å². The molecule has 1 aliphatic heterocycles. The van der Waals surface area contributed by atoms with Crippen LogP contribution >= 0.6 is 11.8 Å². The van der Waals surface area contributed by atoms with Gasteiger partial charge in [0.25, 0.3) is 0 Å². The molecule has 0 unspecified atom stereocenters. The summed E-state index contributed by atoms with van der Waals surface area (Å²) in [4.78, 5) is 11.3. The molecule has 4 nitrogen and oxygen atoms in total. The molecule has 3 atom stereocenters. The Kier molecular flexibility index (Phi) is 6.41. The topological polar surface area (TPSA) is 81.1 Å². The highest BCUT2D eigenvalue weighted by molar-refractivity contribution is 8.00. The van der Waals surface area contributed by atoms with Gasteiger partial charge in [-0.25, -0.2) is 0 Å². The van der Waals surface area contributed by atoms with Crippen LogP contribution in [0.5, 0.6) is 0 Å². The van der Waals surface area contributed by atoms with E-state index in [1.807, 2.05) is 11.8 Å². The fourth-order valence-electron chi connectivity index (χ4n) is 1.88. The summed E-state index contributed by atoms with van der Waals surface area (Å²) in [7, 11) is 0. The molecular formula is C12H21N3OS. The van der Waals surface area contributed by atoms with Gasteiger partial charge in [-0.05, 0) is 12.8 Å². The number of nitrogens with one attached hydrogen (secondary N) is 1. The number of hydrogen-bond donors (Lipinski definition) is 3. The van der Waals surface area contributed by atoms with Crippen molar-refractivity contribution < 1.29 is 4.79 Å². The highest BCUT2D eigenvalue weighted by Crippen LogP contribution is 2.28. The van der Waals surface area contributed by atoms with E-state index in [1.54, 1.807) is 0 Å². The van der Waals surface area contributed by atoms with E-state index in [9.17, 15) is 4.79 Å². The molecule has 0 radical (unpaired) electrons.